The first-order valence-electron chi connectivity index (χ1n) is 9.71. The van der Waals surface area contributed by atoms with Crippen molar-refractivity contribution in [3.8, 4) is 11.4 Å². The number of para-hydroxylation sites is 2. The fraction of sp³-hybridized carbons (Fsp3) is 0.304. The number of rotatable bonds is 6. The maximum absolute atomic E-state index is 13.0. The maximum atomic E-state index is 13.0. The molecule has 1 aromatic heterocycles. The van der Waals surface area contributed by atoms with Crippen LogP contribution in [0.5, 0.6) is 5.75 Å². The van der Waals surface area contributed by atoms with Crippen LogP contribution < -0.4 is 15.6 Å². The molecule has 6 heteroatoms. The molecule has 0 aliphatic carbocycles. The summed E-state index contributed by atoms with van der Waals surface area (Å²) in [5, 5.41) is 2.76. The van der Waals surface area contributed by atoms with Crippen molar-refractivity contribution in [2.24, 2.45) is 7.05 Å². The topological polar surface area (TPSA) is 65.3 Å². The standard InChI is InChI=1S/C23H27N3O3/c1-15(2)19-13-9-10-14-20(19)29-17(4)22(27)24-21-16(3)25(5)26(23(21)28)18-11-7-6-8-12-18/h6-15,17H,1-5H3,(H,24,27)/t17-/m0/s1. The second-order valence-corrected chi connectivity index (χ2v) is 7.38. The van der Waals surface area contributed by atoms with Gasteiger partial charge in [-0.1, -0.05) is 50.2 Å². The minimum atomic E-state index is -0.751. The SMILES string of the molecule is Cc1c(NC(=O)[C@H](C)Oc2ccccc2C(C)C)c(=O)n(-c2ccccc2)n1C. The van der Waals surface area contributed by atoms with Crippen LogP contribution in [0.2, 0.25) is 0 Å². The Balaban J connectivity index is 1.84. The molecule has 1 N–H and O–H groups in total. The van der Waals surface area contributed by atoms with E-state index in [-0.39, 0.29) is 23.1 Å². The molecule has 1 atom stereocenters. The molecule has 0 aliphatic heterocycles. The molecular formula is C23H27N3O3. The zero-order valence-corrected chi connectivity index (χ0v) is 17.5. The van der Waals surface area contributed by atoms with Crippen LogP contribution in [0.4, 0.5) is 5.69 Å². The molecule has 0 bridgehead atoms. The fourth-order valence-corrected chi connectivity index (χ4v) is 3.25. The van der Waals surface area contributed by atoms with Crippen molar-refractivity contribution >= 4 is 11.6 Å². The van der Waals surface area contributed by atoms with Gasteiger partial charge in [-0.25, -0.2) is 4.68 Å². The number of nitrogens with zero attached hydrogens (tertiary/aromatic N) is 2. The molecule has 0 fully saturated rings. The number of hydrogen-bond donors (Lipinski definition) is 1. The highest BCUT2D eigenvalue weighted by molar-refractivity contribution is 5.94. The van der Waals surface area contributed by atoms with Crippen molar-refractivity contribution < 1.29 is 9.53 Å². The van der Waals surface area contributed by atoms with Crippen molar-refractivity contribution in [2.45, 2.75) is 39.7 Å². The molecule has 0 saturated heterocycles. The Labute approximate surface area is 170 Å². The summed E-state index contributed by atoms with van der Waals surface area (Å²) in [6.07, 6.45) is -0.751. The number of benzene rings is 2. The number of aromatic nitrogens is 2. The van der Waals surface area contributed by atoms with Crippen LogP contribution in [0.3, 0.4) is 0 Å². The fourth-order valence-electron chi connectivity index (χ4n) is 3.25. The number of carbonyl (C=O) groups excluding carboxylic acids is 1. The van der Waals surface area contributed by atoms with E-state index in [2.05, 4.69) is 19.2 Å². The average Bonchev–Trinajstić information content (AvgIpc) is 2.92. The lowest BCUT2D eigenvalue weighted by Crippen LogP contribution is -2.32. The van der Waals surface area contributed by atoms with Gasteiger partial charge in [0.05, 0.1) is 11.4 Å². The van der Waals surface area contributed by atoms with Crippen molar-refractivity contribution in [2.75, 3.05) is 5.32 Å². The first-order valence-corrected chi connectivity index (χ1v) is 9.71. The van der Waals surface area contributed by atoms with Gasteiger partial charge in [-0.2, -0.15) is 0 Å². The van der Waals surface area contributed by atoms with Crippen molar-refractivity contribution in [3.63, 3.8) is 0 Å². The summed E-state index contributed by atoms with van der Waals surface area (Å²) in [6.45, 7) is 7.63. The highest BCUT2D eigenvalue weighted by Crippen LogP contribution is 2.27. The van der Waals surface area contributed by atoms with Crippen LogP contribution in [-0.2, 0) is 11.8 Å². The minimum Gasteiger partial charge on any atom is -0.481 e. The number of nitrogens with one attached hydrogen (secondary N) is 1. The lowest BCUT2D eigenvalue weighted by atomic mass is 10.0. The van der Waals surface area contributed by atoms with E-state index in [4.69, 9.17) is 4.74 Å². The zero-order chi connectivity index (χ0) is 21.1. The predicted octanol–water partition coefficient (Wildman–Crippen LogP) is 4.01. The van der Waals surface area contributed by atoms with Crippen LogP contribution in [0.25, 0.3) is 5.69 Å². The van der Waals surface area contributed by atoms with Crippen LogP contribution in [-0.4, -0.2) is 21.4 Å². The molecule has 6 nitrogen and oxygen atoms in total. The highest BCUT2D eigenvalue weighted by Gasteiger charge is 2.22. The van der Waals surface area contributed by atoms with E-state index in [1.165, 1.54) is 4.68 Å². The van der Waals surface area contributed by atoms with Crippen molar-refractivity contribution in [3.05, 3.63) is 76.2 Å². The molecule has 3 aromatic rings. The van der Waals surface area contributed by atoms with Crippen LogP contribution in [0.1, 0.15) is 37.9 Å². The molecule has 3 rings (SSSR count). The van der Waals surface area contributed by atoms with Gasteiger partial charge in [-0.05, 0) is 43.5 Å². The predicted molar refractivity (Wildman–Crippen MR) is 115 cm³/mol. The third-order valence-corrected chi connectivity index (χ3v) is 5.02. The van der Waals surface area contributed by atoms with Gasteiger partial charge >= 0.3 is 0 Å². The summed E-state index contributed by atoms with van der Waals surface area (Å²) >= 11 is 0. The summed E-state index contributed by atoms with van der Waals surface area (Å²) < 4.78 is 9.18. The maximum Gasteiger partial charge on any atom is 0.295 e. The van der Waals surface area contributed by atoms with Gasteiger partial charge in [0.1, 0.15) is 11.4 Å². The molecule has 2 aromatic carbocycles. The first-order chi connectivity index (χ1) is 13.8. The molecule has 29 heavy (non-hydrogen) atoms. The highest BCUT2D eigenvalue weighted by atomic mass is 16.5. The molecule has 1 heterocycles. The lowest BCUT2D eigenvalue weighted by Gasteiger charge is -2.18. The second-order valence-electron chi connectivity index (χ2n) is 7.38. The number of ether oxygens (including phenoxy) is 1. The van der Waals surface area contributed by atoms with Crippen LogP contribution >= 0.6 is 0 Å². The lowest BCUT2D eigenvalue weighted by molar-refractivity contribution is -0.122. The van der Waals surface area contributed by atoms with Crippen molar-refractivity contribution in [1.29, 1.82) is 0 Å². The van der Waals surface area contributed by atoms with E-state index in [0.717, 1.165) is 11.3 Å². The van der Waals surface area contributed by atoms with Gasteiger partial charge in [0.15, 0.2) is 6.10 Å². The van der Waals surface area contributed by atoms with Crippen molar-refractivity contribution in [1.82, 2.24) is 9.36 Å². The van der Waals surface area contributed by atoms with Crippen LogP contribution in [0, 0.1) is 6.92 Å². The Hall–Kier alpha value is -3.28. The van der Waals surface area contributed by atoms with Gasteiger partial charge in [-0.3, -0.25) is 14.3 Å². The smallest absolute Gasteiger partial charge is 0.295 e. The molecular weight excluding hydrogens is 366 g/mol. The van der Waals surface area contributed by atoms with Crippen LogP contribution in [0.15, 0.2) is 59.4 Å². The molecule has 0 saturated carbocycles. The summed E-state index contributed by atoms with van der Waals surface area (Å²) in [4.78, 5) is 25.7. The first kappa shape index (κ1) is 20.5. The normalized spacial score (nSPS) is 12.1. The third-order valence-electron chi connectivity index (χ3n) is 5.02. The van der Waals surface area contributed by atoms with E-state index in [9.17, 15) is 9.59 Å². The quantitative estimate of drug-likeness (QED) is 0.688. The summed E-state index contributed by atoms with van der Waals surface area (Å²) in [5.74, 6) is 0.585. The third kappa shape index (κ3) is 4.11. The molecule has 152 valence electrons. The number of hydrogen-bond acceptors (Lipinski definition) is 3. The van der Waals surface area contributed by atoms with Gasteiger partial charge in [0.25, 0.3) is 11.5 Å². The Morgan fingerprint density at radius 3 is 2.28 bits per heavy atom. The number of amides is 1. The van der Waals surface area contributed by atoms with E-state index >= 15 is 0 Å². The molecule has 1 amide bonds. The van der Waals surface area contributed by atoms with E-state index in [1.54, 1.807) is 25.6 Å². The summed E-state index contributed by atoms with van der Waals surface area (Å²) in [6, 6.07) is 17.0. The molecule has 0 spiro atoms. The molecule has 0 unspecified atom stereocenters. The average molecular weight is 393 g/mol. The van der Waals surface area contributed by atoms with Gasteiger partial charge < -0.3 is 10.1 Å². The van der Waals surface area contributed by atoms with Gasteiger partial charge in [0.2, 0.25) is 0 Å². The van der Waals surface area contributed by atoms with E-state index < -0.39 is 6.10 Å². The number of anilines is 1. The largest absolute Gasteiger partial charge is 0.481 e. The Morgan fingerprint density at radius 2 is 1.62 bits per heavy atom. The minimum absolute atomic E-state index is 0.258. The Kier molecular flexibility index (Phi) is 5.92. The van der Waals surface area contributed by atoms with E-state index in [1.807, 2.05) is 54.6 Å². The van der Waals surface area contributed by atoms with E-state index in [0.29, 0.717) is 11.4 Å². The Morgan fingerprint density at radius 1 is 1.00 bits per heavy atom. The number of carbonyl (C=O) groups is 1. The molecule has 0 radical (unpaired) electrons. The summed E-state index contributed by atoms with van der Waals surface area (Å²) in [5.41, 5.74) is 2.42. The van der Waals surface area contributed by atoms with Gasteiger partial charge in [-0.15, -0.1) is 0 Å². The van der Waals surface area contributed by atoms with Gasteiger partial charge in [0, 0.05) is 7.05 Å². The second kappa shape index (κ2) is 8.39. The molecule has 0 aliphatic rings. The summed E-state index contributed by atoms with van der Waals surface area (Å²) in [7, 11) is 1.79. The Bertz CT molecular complexity index is 1060. The zero-order valence-electron chi connectivity index (χ0n) is 17.5. The monoisotopic (exact) mass is 393 g/mol.